The summed E-state index contributed by atoms with van der Waals surface area (Å²) in [6.45, 7) is 0. The van der Waals surface area contributed by atoms with Crippen LogP contribution in [0.1, 0.15) is 5.56 Å². The predicted molar refractivity (Wildman–Crippen MR) is 89.9 cm³/mol. The minimum atomic E-state index is 0.403. The molecule has 0 saturated heterocycles. The average Bonchev–Trinajstić information content (AvgIpc) is 2.53. The van der Waals surface area contributed by atoms with Crippen LogP contribution in [-0.4, -0.2) is 22.2 Å². The van der Waals surface area contributed by atoms with Crippen molar-refractivity contribution < 1.29 is 0 Å². The highest BCUT2D eigenvalue weighted by atomic mass is 32.1. The quantitative estimate of drug-likeness (QED) is 0.752. The van der Waals surface area contributed by atoms with Gasteiger partial charge in [0.2, 0.25) is 0 Å². The smallest absolute Gasteiger partial charge is 0.103 e. The molecule has 2 aromatic carbocycles. The molecule has 0 amide bonds. The number of aromatic nitrogens is 2. The van der Waals surface area contributed by atoms with E-state index in [0.29, 0.717) is 4.99 Å². The van der Waals surface area contributed by atoms with Gasteiger partial charge in [-0.25, -0.2) is 0 Å². The minimum absolute atomic E-state index is 0.403. The maximum atomic E-state index is 5.63. The second-order valence-electron chi connectivity index (χ2n) is 4.72. The fraction of sp³-hybridized carbons (Fsp3) is 0.0625. The lowest BCUT2D eigenvalue weighted by molar-refractivity contribution is 1.06. The molecule has 3 rings (SSSR count). The van der Waals surface area contributed by atoms with E-state index >= 15 is 0 Å². The van der Waals surface area contributed by atoms with Gasteiger partial charge in [0.1, 0.15) is 4.99 Å². The summed E-state index contributed by atoms with van der Waals surface area (Å²) in [6.07, 6.45) is 1.77. The minimum Gasteiger partial charge on any atom is -0.389 e. The van der Waals surface area contributed by atoms with Crippen LogP contribution in [0.5, 0.6) is 0 Å². The summed E-state index contributed by atoms with van der Waals surface area (Å²) < 4.78 is 0. The van der Waals surface area contributed by atoms with Crippen molar-refractivity contribution in [1.82, 2.24) is 10.2 Å². The van der Waals surface area contributed by atoms with Gasteiger partial charge in [-0.05, 0) is 30.3 Å². The zero-order chi connectivity index (χ0) is 14.8. The summed E-state index contributed by atoms with van der Waals surface area (Å²) in [5, 5.41) is 9.28. The molecule has 0 radical (unpaired) electrons. The molecule has 5 heteroatoms. The monoisotopic (exact) mass is 294 g/mol. The molecule has 0 aliphatic carbocycles. The van der Waals surface area contributed by atoms with E-state index in [1.807, 2.05) is 55.6 Å². The predicted octanol–water partition coefficient (Wildman–Crippen LogP) is 3.03. The van der Waals surface area contributed by atoms with Crippen LogP contribution < -0.4 is 10.6 Å². The first kappa shape index (κ1) is 13.5. The highest BCUT2D eigenvalue weighted by Gasteiger charge is 2.09. The van der Waals surface area contributed by atoms with Crippen LogP contribution in [0.15, 0.2) is 54.7 Å². The number of fused-ring (bicyclic) bond motifs is 1. The molecule has 0 spiro atoms. The van der Waals surface area contributed by atoms with E-state index < -0.39 is 0 Å². The van der Waals surface area contributed by atoms with Crippen molar-refractivity contribution in [3.8, 4) is 0 Å². The van der Waals surface area contributed by atoms with Gasteiger partial charge >= 0.3 is 0 Å². The van der Waals surface area contributed by atoms with E-state index in [0.717, 1.165) is 27.8 Å². The third kappa shape index (κ3) is 2.55. The van der Waals surface area contributed by atoms with E-state index in [-0.39, 0.29) is 0 Å². The highest BCUT2D eigenvalue weighted by Crippen LogP contribution is 2.29. The Balaban J connectivity index is 2.04. The van der Waals surface area contributed by atoms with Gasteiger partial charge < -0.3 is 10.6 Å². The molecule has 0 unspecified atom stereocenters. The number of nitrogens with zero attached hydrogens (tertiary/aromatic N) is 3. The number of anilines is 2. The first-order valence-electron chi connectivity index (χ1n) is 6.51. The Morgan fingerprint density at radius 3 is 2.52 bits per heavy atom. The molecular weight excluding hydrogens is 280 g/mol. The Morgan fingerprint density at radius 2 is 1.81 bits per heavy atom. The molecule has 21 heavy (non-hydrogen) atoms. The second-order valence-corrected chi connectivity index (χ2v) is 5.16. The van der Waals surface area contributed by atoms with Crippen LogP contribution in [0.3, 0.4) is 0 Å². The molecule has 2 N–H and O–H groups in total. The number of thiocarbonyl (C=S) groups is 1. The first-order chi connectivity index (χ1) is 10.2. The van der Waals surface area contributed by atoms with E-state index in [4.69, 9.17) is 18.0 Å². The Bertz CT molecular complexity index is 793. The molecule has 0 atom stereocenters. The summed E-state index contributed by atoms with van der Waals surface area (Å²) in [4.78, 5) is 2.47. The summed E-state index contributed by atoms with van der Waals surface area (Å²) in [6, 6.07) is 15.8. The van der Waals surface area contributed by atoms with E-state index in [2.05, 4.69) is 15.1 Å². The zero-order valence-corrected chi connectivity index (χ0v) is 12.3. The first-order valence-corrected chi connectivity index (χ1v) is 6.91. The van der Waals surface area contributed by atoms with Gasteiger partial charge in [0.15, 0.2) is 0 Å². The molecule has 0 aliphatic heterocycles. The van der Waals surface area contributed by atoms with Crippen LogP contribution >= 0.6 is 12.2 Å². The van der Waals surface area contributed by atoms with Crippen molar-refractivity contribution in [3.63, 3.8) is 0 Å². The van der Waals surface area contributed by atoms with Gasteiger partial charge in [-0.1, -0.05) is 30.4 Å². The maximum Gasteiger partial charge on any atom is 0.103 e. The fourth-order valence-electron chi connectivity index (χ4n) is 2.25. The van der Waals surface area contributed by atoms with Crippen molar-refractivity contribution in [1.29, 1.82) is 0 Å². The lowest BCUT2D eigenvalue weighted by Crippen LogP contribution is -2.12. The van der Waals surface area contributed by atoms with Gasteiger partial charge in [0, 0.05) is 23.7 Å². The van der Waals surface area contributed by atoms with Crippen LogP contribution in [0.2, 0.25) is 0 Å². The number of hydrogen-bond donors (Lipinski definition) is 1. The van der Waals surface area contributed by atoms with Crippen molar-refractivity contribution in [3.05, 3.63) is 60.3 Å². The van der Waals surface area contributed by atoms with Crippen LogP contribution in [0.4, 0.5) is 11.4 Å². The molecule has 1 heterocycles. The van der Waals surface area contributed by atoms with Crippen LogP contribution in [0, 0.1) is 0 Å². The molecule has 4 nitrogen and oxygen atoms in total. The topological polar surface area (TPSA) is 55.0 Å². The highest BCUT2D eigenvalue weighted by molar-refractivity contribution is 7.80. The second kappa shape index (κ2) is 5.46. The van der Waals surface area contributed by atoms with Crippen LogP contribution in [0.25, 0.3) is 10.9 Å². The normalized spacial score (nSPS) is 10.5. The molecule has 1 aromatic heterocycles. The molecule has 104 valence electrons. The molecule has 3 aromatic rings. The van der Waals surface area contributed by atoms with Crippen molar-refractivity contribution >= 4 is 39.5 Å². The van der Waals surface area contributed by atoms with Crippen molar-refractivity contribution in [2.24, 2.45) is 5.73 Å². The van der Waals surface area contributed by atoms with Crippen LogP contribution in [-0.2, 0) is 0 Å². The Kier molecular flexibility index (Phi) is 3.50. The third-order valence-electron chi connectivity index (χ3n) is 3.43. The molecule has 0 bridgehead atoms. The molecule has 0 fully saturated rings. The van der Waals surface area contributed by atoms with Crippen molar-refractivity contribution in [2.45, 2.75) is 0 Å². The van der Waals surface area contributed by atoms with E-state index in [1.165, 1.54) is 0 Å². The number of benzene rings is 2. The summed E-state index contributed by atoms with van der Waals surface area (Å²) in [7, 11) is 2.00. The van der Waals surface area contributed by atoms with Gasteiger partial charge in [0.05, 0.1) is 17.4 Å². The van der Waals surface area contributed by atoms with Crippen molar-refractivity contribution in [2.75, 3.05) is 11.9 Å². The van der Waals surface area contributed by atoms with Gasteiger partial charge in [-0.15, -0.1) is 0 Å². The standard InChI is InChI=1S/C16H14N4S/c1-20(12-8-6-11(7-9-12)16(17)21)15-10-18-19-14-5-3-2-4-13(14)15/h2-10H,1H3,(H2,17,21). The zero-order valence-electron chi connectivity index (χ0n) is 11.5. The number of rotatable bonds is 3. The van der Waals surface area contributed by atoms with Gasteiger partial charge in [0.25, 0.3) is 0 Å². The maximum absolute atomic E-state index is 5.63. The SMILES string of the molecule is CN(c1ccc(C(N)=S)cc1)c1cnnc2ccccc12. The average molecular weight is 294 g/mol. The molecule has 0 aliphatic rings. The molecular formula is C16H14N4S. The Labute approximate surface area is 128 Å². The lowest BCUT2D eigenvalue weighted by Gasteiger charge is -2.20. The number of hydrogen-bond acceptors (Lipinski definition) is 4. The summed E-state index contributed by atoms with van der Waals surface area (Å²) in [5.41, 5.74) is 9.40. The van der Waals surface area contributed by atoms with Gasteiger partial charge in [-0.3, -0.25) is 0 Å². The summed E-state index contributed by atoms with van der Waals surface area (Å²) in [5.74, 6) is 0. The third-order valence-corrected chi connectivity index (χ3v) is 3.66. The fourth-order valence-corrected chi connectivity index (χ4v) is 2.38. The Hall–Kier alpha value is -2.53. The summed E-state index contributed by atoms with van der Waals surface area (Å²) >= 11 is 4.97. The lowest BCUT2D eigenvalue weighted by atomic mass is 10.1. The Morgan fingerprint density at radius 1 is 1.10 bits per heavy atom. The van der Waals surface area contributed by atoms with E-state index in [9.17, 15) is 0 Å². The largest absolute Gasteiger partial charge is 0.389 e. The van der Waals surface area contributed by atoms with E-state index in [1.54, 1.807) is 6.20 Å². The van der Waals surface area contributed by atoms with Gasteiger partial charge in [-0.2, -0.15) is 10.2 Å². The molecule has 0 saturated carbocycles. The number of nitrogens with two attached hydrogens (primary N) is 1.